The van der Waals surface area contributed by atoms with Gasteiger partial charge in [0.2, 0.25) is 10.1 Å². The summed E-state index contributed by atoms with van der Waals surface area (Å²) in [6.07, 6.45) is 4.27. The van der Waals surface area contributed by atoms with Crippen LogP contribution in [0.15, 0.2) is 0 Å². The first-order valence-electron chi connectivity index (χ1n) is 6.63. The minimum Gasteiger partial charge on any atom is -0.360 e. The Morgan fingerprint density at radius 1 is 1.25 bits per heavy atom. The quantitative estimate of drug-likeness (QED) is 0.887. The summed E-state index contributed by atoms with van der Waals surface area (Å²) in [7, 11) is 0. The van der Waals surface area contributed by atoms with Gasteiger partial charge in [-0.05, 0) is 25.7 Å². The number of hydrogen-bond donors (Lipinski definition) is 2. The molecule has 2 heterocycles. The van der Waals surface area contributed by atoms with Gasteiger partial charge < -0.3 is 5.32 Å². The summed E-state index contributed by atoms with van der Waals surface area (Å²) >= 11 is 2.83. The van der Waals surface area contributed by atoms with E-state index in [1.807, 2.05) is 0 Å². The van der Waals surface area contributed by atoms with Crippen LogP contribution in [0.2, 0.25) is 0 Å². The third-order valence-corrected chi connectivity index (χ3v) is 4.91. The Bertz CT molecular complexity index is 600. The first kappa shape index (κ1) is 13.4. The van der Waals surface area contributed by atoms with Gasteiger partial charge >= 0.3 is 0 Å². The highest BCUT2D eigenvalue weighted by Crippen LogP contribution is 2.30. The topological polar surface area (TPSA) is 79.8 Å². The van der Waals surface area contributed by atoms with E-state index < -0.39 is 0 Å². The van der Waals surface area contributed by atoms with Crippen LogP contribution in [-0.4, -0.2) is 27.6 Å². The molecule has 0 unspecified atom stereocenters. The van der Waals surface area contributed by atoms with Crippen LogP contribution in [0.4, 0.5) is 10.3 Å². The van der Waals surface area contributed by atoms with E-state index in [4.69, 9.17) is 0 Å². The van der Waals surface area contributed by atoms with Crippen molar-refractivity contribution in [3.8, 4) is 0 Å². The Morgan fingerprint density at radius 3 is 2.95 bits per heavy atom. The molecule has 0 atom stereocenters. The number of nitrogens with one attached hydrogen (secondary N) is 2. The van der Waals surface area contributed by atoms with Crippen LogP contribution in [0.25, 0.3) is 0 Å². The Morgan fingerprint density at radius 2 is 2.15 bits per heavy atom. The zero-order valence-corrected chi connectivity index (χ0v) is 12.7. The number of anilines is 2. The molecule has 0 aliphatic heterocycles. The number of aromatic nitrogens is 3. The summed E-state index contributed by atoms with van der Waals surface area (Å²) in [5.74, 6) is -0.237. The Kier molecular flexibility index (Phi) is 3.93. The predicted molar refractivity (Wildman–Crippen MR) is 80.8 cm³/mol. The summed E-state index contributed by atoms with van der Waals surface area (Å²) in [6, 6.07) is 0. The van der Waals surface area contributed by atoms with Crippen LogP contribution in [0.1, 0.15) is 40.1 Å². The summed E-state index contributed by atoms with van der Waals surface area (Å²) in [6.45, 7) is 2.90. The Balaban J connectivity index is 1.64. The lowest BCUT2D eigenvalue weighted by atomic mass is 10.4. The average molecular weight is 309 g/mol. The Labute approximate surface area is 124 Å². The molecular weight excluding hydrogens is 294 g/mol. The van der Waals surface area contributed by atoms with E-state index in [0.29, 0.717) is 15.3 Å². The summed E-state index contributed by atoms with van der Waals surface area (Å²) in [5, 5.41) is 15.5. The first-order chi connectivity index (χ1) is 9.76. The fourth-order valence-corrected chi connectivity index (χ4v) is 3.72. The lowest BCUT2D eigenvalue weighted by Gasteiger charge is -1.97. The molecule has 0 fully saturated rings. The number of amides is 1. The number of rotatable bonds is 5. The van der Waals surface area contributed by atoms with E-state index in [2.05, 4.69) is 32.7 Å². The van der Waals surface area contributed by atoms with E-state index in [-0.39, 0.29) is 5.91 Å². The lowest BCUT2D eigenvalue weighted by Crippen LogP contribution is -2.11. The van der Waals surface area contributed by atoms with Crippen molar-refractivity contribution in [2.24, 2.45) is 0 Å². The molecular formula is C12H15N5OS2. The molecule has 8 heteroatoms. The highest BCUT2D eigenvalue weighted by molar-refractivity contribution is 7.17. The zero-order valence-electron chi connectivity index (χ0n) is 11.1. The van der Waals surface area contributed by atoms with Gasteiger partial charge in [0, 0.05) is 11.4 Å². The second-order valence-corrected chi connectivity index (χ2v) is 6.60. The molecule has 1 aliphatic rings. The highest BCUT2D eigenvalue weighted by atomic mass is 32.1. The van der Waals surface area contributed by atoms with Gasteiger partial charge in [0.15, 0.2) is 5.13 Å². The molecule has 1 aliphatic carbocycles. The van der Waals surface area contributed by atoms with Gasteiger partial charge in [-0.15, -0.1) is 21.5 Å². The van der Waals surface area contributed by atoms with E-state index >= 15 is 0 Å². The van der Waals surface area contributed by atoms with E-state index in [0.717, 1.165) is 31.5 Å². The maximum atomic E-state index is 12.1. The van der Waals surface area contributed by atoms with Gasteiger partial charge in [-0.2, -0.15) is 0 Å². The second kappa shape index (κ2) is 5.84. The summed E-state index contributed by atoms with van der Waals surface area (Å²) in [4.78, 5) is 17.8. The molecule has 6 nitrogen and oxygen atoms in total. The molecule has 2 N–H and O–H groups in total. The monoisotopic (exact) mass is 309 g/mol. The Hall–Kier alpha value is -1.54. The van der Waals surface area contributed by atoms with Crippen LogP contribution >= 0.6 is 22.7 Å². The molecule has 0 bridgehead atoms. The maximum absolute atomic E-state index is 12.1. The standard InChI is InChI=1S/C12H15N5OS2/c1-2-6-13-11-17-16-10(20-11)9(18)15-12-14-7-4-3-5-8(7)19-12/h2-6H2,1H3,(H,13,17)(H,14,15,18). The molecule has 2 aromatic heterocycles. The van der Waals surface area contributed by atoms with Gasteiger partial charge in [-0.1, -0.05) is 18.3 Å². The molecule has 106 valence electrons. The minimum atomic E-state index is -0.237. The molecule has 3 rings (SSSR count). The number of aryl methyl sites for hydroxylation is 2. The minimum absolute atomic E-state index is 0.237. The van der Waals surface area contributed by atoms with Crippen LogP contribution in [0, 0.1) is 0 Å². The summed E-state index contributed by atoms with van der Waals surface area (Å²) < 4.78 is 0. The van der Waals surface area contributed by atoms with Gasteiger partial charge in [-0.25, -0.2) is 4.98 Å². The van der Waals surface area contributed by atoms with Crippen molar-refractivity contribution in [3.05, 3.63) is 15.6 Å². The predicted octanol–water partition coefficient (Wildman–Crippen LogP) is 2.56. The number of fused-ring (bicyclic) bond motifs is 1. The van der Waals surface area contributed by atoms with Crippen LogP contribution < -0.4 is 10.6 Å². The van der Waals surface area contributed by atoms with Crippen molar-refractivity contribution in [2.75, 3.05) is 17.2 Å². The first-order valence-corrected chi connectivity index (χ1v) is 8.27. The molecule has 0 spiro atoms. The van der Waals surface area contributed by atoms with Crippen molar-refractivity contribution in [3.63, 3.8) is 0 Å². The van der Waals surface area contributed by atoms with Gasteiger partial charge in [0.25, 0.3) is 5.91 Å². The molecule has 1 amide bonds. The molecule has 0 saturated carbocycles. The van der Waals surface area contributed by atoms with Gasteiger partial charge in [-0.3, -0.25) is 10.1 Å². The molecule has 0 radical (unpaired) electrons. The average Bonchev–Trinajstić information content (AvgIpc) is 3.10. The third kappa shape index (κ3) is 2.80. The highest BCUT2D eigenvalue weighted by Gasteiger charge is 2.19. The van der Waals surface area contributed by atoms with Crippen molar-refractivity contribution < 1.29 is 4.79 Å². The normalized spacial score (nSPS) is 13.2. The molecule has 0 aromatic carbocycles. The number of thiazole rings is 1. The number of hydrogen-bond acceptors (Lipinski definition) is 7. The van der Waals surface area contributed by atoms with Crippen LogP contribution in [0.5, 0.6) is 0 Å². The number of nitrogens with zero attached hydrogens (tertiary/aromatic N) is 3. The van der Waals surface area contributed by atoms with Gasteiger partial charge in [0.05, 0.1) is 5.69 Å². The smallest absolute Gasteiger partial charge is 0.288 e. The van der Waals surface area contributed by atoms with Crippen LogP contribution in [0.3, 0.4) is 0 Å². The largest absolute Gasteiger partial charge is 0.360 e. The summed E-state index contributed by atoms with van der Waals surface area (Å²) in [5.41, 5.74) is 1.13. The van der Waals surface area contributed by atoms with Crippen molar-refractivity contribution in [1.29, 1.82) is 0 Å². The number of carbonyl (C=O) groups excluding carboxylic acids is 1. The van der Waals surface area contributed by atoms with Gasteiger partial charge in [0.1, 0.15) is 0 Å². The van der Waals surface area contributed by atoms with Crippen molar-refractivity contribution in [2.45, 2.75) is 32.6 Å². The molecule has 20 heavy (non-hydrogen) atoms. The van der Waals surface area contributed by atoms with E-state index in [1.165, 1.54) is 22.6 Å². The van der Waals surface area contributed by atoms with Crippen molar-refractivity contribution in [1.82, 2.24) is 15.2 Å². The van der Waals surface area contributed by atoms with E-state index in [1.54, 1.807) is 11.3 Å². The molecule has 2 aromatic rings. The zero-order chi connectivity index (χ0) is 13.9. The molecule has 0 saturated heterocycles. The van der Waals surface area contributed by atoms with Crippen molar-refractivity contribution >= 4 is 38.8 Å². The lowest BCUT2D eigenvalue weighted by molar-refractivity contribution is 0.102. The number of carbonyl (C=O) groups is 1. The van der Waals surface area contributed by atoms with Crippen LogP contribution in [-0.2, 0) is 12.8 Å². The maximum Gasteiger partial charge on any atom is 0.288 e. The second-order valence-electron chi connectivity index (χ2n) is 4.54. The fraction of sp³-hybridized carbons (Fsp3) is 0.500. The fourth-order valence-electron chi connectivity index (χ4n) is 2.01. The van der Waals surface area contributed by atoms with E-state index in [9.17, 15) is 4.79 Å². The third-order valence-electron chi connectivity index (χ3n) is 2.96. The SMILES string of the molecule is CCCNc1nnc(C(=O)Nc2nc3c(s2)CCC3)s1.